The van der Waals surface area contributed by atoms with Crippen molar-refractivity contribution in [2.24, 2.45) is 5.73 Å². The van der Waals surface area contributed by atoms with Crippen molar-refractivity contribution in [3.05, 3.63) is 41.5 Å². The Kier molecular flexibility index (Phi) is 5.98. The average molecular weight is 393 g/mol. The molecule has 0 spiro atoms. The number of hydrogen-bond donors (Lipinski definition) is 1. The zero-order valence-corrected chi connectivity index (χ0v) is 16.8. The number of sulfonamides is 1. The molecule has 1 aromatic heterocycles. The first kappa shape index (κ1) is 20.0. The molecule has 0 aliphatic heterocycles. The van der Waals surface area contributed by atoms with Gasteiger partial charge in [0.25, 0.3) is 0 Å². The summed E-state index contributed by atoms with van der Waals surface area (Å²) in [5, 5.41) is 4.07. The largest absolute Gasteiger partial charge is 0.339 e. The lowest BCUT2D eigenvalue weighted by Crippen LogP contribution is -2.34. The van der Waals surface area contributed by atoms with E-state index >= 15 is 0 Å². The maximum Gasteiger partial charge on any atom is 0.243 e. The van der Waals surface area contributed by atoms with Gasteiger partial charge < -0.3 is 10.3 Å². The van der Waals surface area contributed by atoms with Gasteiger partial charge in [-0.1, -0.05) is 44.0 Å². The molecule has 3 rings (SSSR count). The number of nitrogens with two attached hydrogens (primary N) is 1. The highest BCUT2D eigenvalue weighted by Crippen LogP contribution is 2.34. The molecule has 1 heterocycles. The summed E-state index contributed by atoms with van der Waals surface area (Å²) in [7, 11) is -3.42. The van der Waals surface area contributed by atoms with E-state index in [-0.39, 0.29) is 0 Å². The van der Waals surface area contributed by atoms with Crippen LogP contribution in [0, 0.1) is 0 Å². The molecular weight excluding hydrogens is 364 g/mol. The van der Waals surface area contributed by atoms with Gasteiger partial charge in [-0.3, -0.25) is 0 Å². The summed E-state index contributed by atoms with van der Waals surface area (Å²) in [6, 6.07) is 7.01. The van der Waals surface area contributed by atoms with Crippen LogP contribution in [0.2, 0.25) is 0 Å². The van der Waals surface area contributed by atoms with Crippen LogP contribution < -0.4 is 5.73 Å². The van der Waals surface area contributed by atoms with Gasteiger partial charge in [0.1, 0.15) is 0 Å². The van der Waals surface area contributed by atoms with Gasteiger partial charge >= 0.3 is 0 Å². The molecule has 1 aliphatic rings. The number of benzene rings is 1. The quantitative estimate of drug-likeness (QED) is 0.741. The fourth-order valence-electron chi connectivity index (χ4n) is 3.58. The highest BCUT2D eigenvalue weighted by Gasteiger charge is 2.35. The van der Waals surface area contributed by atoms with Gasteiger partial charge in [0.15, 0.2) is 5.82 Å². The van der Waals surface area contributed by atoms with Gasteiger partial charge in [0.2, 0.25) is 15.9 Å². The third kappa shape index (κ3) is 4.23. The van der Waals surface area contributed by atoms with Gasteiger partial charge in [-0.25, -0.2) is 8.42 Å². The van der Waals surface area contributed by atoms with E-state index in [4.69, 9.17) is 10.3 Å². The first-order valence-electron chi connectivity index (χ1n) is 9.60. The molecule has 1 saturated carbocycles. The Morgan fingerprint density at radius 2 is 1.74 bits per heavy atom. The normalized spacial score (nSPS) is 16.9. The smallest absolute Gasteiger partial charge is 0.243 e. The van der Waals surface area contributed by atoms with Crippen LogP contribution in [0.3, 0.4) is 0 Å². The molecule has 0 amide bonds. The number of rotatable bonds is 8. The van der Waals surface area contributed by atoms with Gasteiger partial charge in [-0.15, -0.1) is 0 Å². The fraction of sp³-hybridized carbons (Fsp3) is 0.579. The average Bonchev–Trinajstić information content (AvgIpc) is 3.31. The molecule has 27 heavy (non-hydrogen) atoms. The van der Waals surface area contributed by atoms with Crippen molar-refractivity contribution in [2.75, 3.05) is 13.1 Å². The summed E-state index contributed by atoms with van der Waals surface area (Å²) in [6.07, 6.45) is 5.30. The van der Waals surface area contributed by atoms with Crippen molar-refractivity contribution in [3.63, 3.8) is 0 Å². The predicted octanol–water partition coefficient (Wildman–Crippen LogP) is 2.61. The van der Waals surface area contributed by atoms with Crippen LogP contribution >= 0.6 is 0 Å². The molecule has 0 radical (unpaired) electrons. The Balaban J connectivity index is 1.63. The molecule has 2 N–H and O–H groups in total. The predicted molar refractivity (Wildman–Crippen MR) is 103 cm³/mol. The molecule has 2 aromatic rings. The van der Waals surface area contributed by atoms with Crippen LogP contribution in [0.5, 0.6) is 0 Å². The van der Waals surface area contributed by atoms with Crippen molar-refractivity contribution in [3.8, 4) is 0 Å². The topological polar surface area (TPSA) is 102 Å². The lowest BCUT2D eigenvalue weighted by atomic mass is 9.99. The van der Waals surface area contributed by atoms with Gasteiger partial charge in [-0.2, -0.15) is 9.29 Å². The maximum atomic E-state index is 12.5. The molecule has 0 unspecified atom stereocenters. The van der Waals surface area contributed by atoms with Gasteiger partial charge in [-0.05, 0) is 37.0 Å². The van der Waals surface area contributed by atoms with E-state index in [1.54, 1.807) is 12.1 Å². The van der Waals surface area contributed by atoms with Crippen LogP contribution in [0.25, 0.3) is 0 Å². The van der Waals surface area contributed by atoms with E-state index in [0.29, 0.717) is 42.5 Å². The lowest BCUT2D eigenvalue weighted by Gasteiger charge is -2.18. The van der Waals surface area contributed by atoms with Crippen LogP contribution in [-0.2, 0) is 28.4 Å². The number of hydrogen-bond acceptors (Lipinski definition) is 6. The summed E-state index contributed by atoms with van der Waals surface area (Å²) >= 11 is 0. The first-order chi connectivity index (χ1) is 12.9. The second-order valence-electron chi connectivity index (χ2n) is 7.11. The Morgan fingerprint density at radius 1 is 1.11 bits per heavy atom. The first-order valence-corrected chi connectivity index (χ1v) is 11.0. The van der Waals surface area contributed by atoms with Crippen LogP contribution in [0.4, 0.5) is 0 Å². The Bertz CT molecular complexity index is 851. The monoisotopic (exact) mass is 392 g/mol. The molecule has 1 fully saturated rings. The maximum absolute atomic E-state index is 12.5. The minimum atomic E-state index is -3.42. The van der Waals surface area contributed by atoms with Crippen molar-refractivity contribution in [1.82, 2.24) is 14.4 Å². The van der Waals surface area contributed by atoms with E-state index in [1.807, 2.05) is 26.0 Å². The van der Waals surface area contributed by atoms with Crippen LogP contribution in [-0.4, -0.2) is 36.0 Å². The highest BCUT2D eigenvalue weighted by molar-refractivity contribution is 7.89. The molecule has 7 nitrogen and oxygen atoms in total. The summed E-state index contributed by atoms with van der Waals surface area (Å²) in [5.74, 6) is 1.18. The minimum Gasteiger partial charge on any atom is -0.339 e. The lowest BCUT2D eigenvalue weighted by molar-refractivity contribution is 0.348. The molecule has 0 saturated heterocycles. The summed E-state index contributed by atoms with van der Waals surface area (Å²) < 4.78 is 31.9. The third-order valence-corrected chi connectivity index (χ3v) is 7.37. The van der Waals surface area contributed by atoms with Crippen molar-refractivity contribution < 1.29 is 12.9 Å². The second-order valence-corrected chi connectivity index (χ2v) is 9.05. The number of aryl methyl sites for hydroxylation is 2. The highest BCUT2D eigenvalue weighted by atomic mass is 32.2. The van der Waals surface area contributed by atoms with E-state index in [0.717, 1.165) is 31.2 Å². The standard InChI is InChI=1S/C19H28N4O3S/c1-3-23(4-2)27(24,25)16-10-7-15(8-11-16)9-12-17-21-18(22-26-17)19(20)13-5-6-14-19/h7-8,10-11H,3-6,9,12-14,20H2,1-2H3. The summed E-state index contributed by atoms with van der Waals surface area (Å²) in [5.41, 5.74) is 6.94. The number of aromatic nitrogens is 2. The Hall–Kier alpha value is -1.77. The minimum absolute atomic E-state index is 0.321. The zero-order chi connectivity index (χ0) is 19.5. The van der Waals surface area contributed by atoms with Crippen molar-refractivity contribution in [2.45, 2.75) is 62.8 Å². The molecule has 1 aliphatic carbocycles. The molecule has 148 valence electrons. The molecule has 0 bridgehead atoms. The zero-order valence-electron chi connectivity index (χ0n) is 16.0. The Labute approximate surface area is 161 Å². The molecule has 0 atom stereocenters. The van der Waals surface area contributed by atoms with E-state index < -0.39 is 15.6 Å². The second kappa shape index (κ2) is 8.08. The van der Waals surface area contributed by atoms with Crippen molar-refractivity contribution >= 4 is 10.0 Å². The van der Waals surface area contributed by atoms with E-state index in [2.05, 4.69) is 10.1 Å². The molecule has 1 aromatic carbocycles. The third-order valence-electron chi connectivity index (χ3n) is 5.30. The fourth-order valence-corrected chi connectivity index (χ4v) is 5.04. The van der Waals surface area contributed by atoms with Crippen LogP contribution in [0.15, 0.2) is 33.7 Å². The summed E-state index contributed by atoms with van der Waals surface area (Å²) in [6.45, 7) is 4.60. The Morgan fingerprint density at radius 3 is 2.33 bits per heavy atom. The van der Waals surface area contributed by atoms with Gasteiger partial charge in [0.05, 0.1) is 10.4 Å². The van der Waals surface area contributed by atoms with E-state index in [9.17, 15) is 8.42 Å². The number of nitrogens with zero attached hydrogens (tertiary/aromatic N) is 3. The molecular formula is C19H28N4O3S. The van der Waals surface area contributed by atoms with E-state index in [1.165, 1.54) is 4.31 Å². The molecule has 8 heteroatoms. The van der Waals surface area contributed by atoms with Gasteiger partial charge in [0, 0.05) is 19.5 Å². The summed E-state index contributed by atoms with van der Waals surface area (Å²) in [4.78, 5) is 4.80. The van der Waals surface area contributed by atoms with Crippen LogP contribution in [0.1, 0.15) is 56.8 Å². The van der Waals surface area contributed by atoms with Crippen molar-refractivity contribution in [1.29, 1.82) is 0 Å². The SMILES string of the molecule is CCN(CC)S(=O)(=O)c1ccc(CCc2nc(C3(N)CCCC3)no2)cc1.